The zero-order valence-corrected chi connectivity index (χ0v) is 13.7. The van der Waals surface area contributed by atoms with Crippen LogP contribution < -0.4 is 11.1 Å². The second kappa shape index (κ2) is 8.90. The number of nitrogens with one attached hydrogen (secondary N) is 1. The monoisotopic (exact) mass is 312 g/mol. The van der Waals surface area contributed by atoms with Gasteiger partial charge in [0.1, 0.15) is 0 Å². The lowest BCUT2D eigenvalue weighted by Gasteiger charge is -2.15. The molecule has 0 radical (unpaired) electrons. The first-order valence-corrected chi connectivity index (χ1v) is 7.72. The Morgan fingerprint density at radius 2 is 2.10 bits per heavy atom. The lowest BCUT2D eigenvalue weighted by molar-refractivity contribution is -0.116. The van der Waals surface area contributed by atoms with Crippen LogP contribution in [0.2, 0.25) is 5.02 Å². The van der Waals surface area contributed by atoms with E-state index in [2.05, 4.69) is 26.1 Å². The van der Waals surface area contributed by atoms with Crippen LogP contribution in [0.5, 0.6) is 0 Å². The van der Waals surface area contributed by atoms with Gasteiger partial charge < -0.3 is 15.8 Å². The first-order valence-electron chi connectivity index (χ1n) is 7.35. The fraction of sp³-hybridized carbons (Fsp3) is 0.562. The Morgan fingerprint density at radius 3 is 2.76 bits per heavy atom. The number of ether oxygens (including phenoxy) is 1. The quantitative estimate of drug-likeness (QED) is 0.561. The second-order valence-corrected chi connectivity index (χ2v) is 6.13. The number of carbonyl (C=O) groups is 1. The third-order valence-electron chi connectivity index (χ3n) is 3.04. The highest BCUT2D eigenvalue weighted by Gasteiger charge is 2.08. The molecule has 0 fully saturated rings. The van der Waals surface area contributed by atoms with Gasteiger partial charge in [0, 0.05) is 18.1 Å². The minimum Gasteiger partial charge on any atom is -0.397 e. The van der Waals surface area contributed by atoms with E-state index in [4.69, 9.17) is 22.1 Å². The summed E-state index contributed by atoms with van der Waals surface area (Å²) in [6.45, 7) is 6.99. The van der Waals surface area contributed by atoms with E-state index in [9.17, 15) is 4.79 Å². The van der Waals surface area contributed by atoms with Gasteiger partial charge in [-0.1, -0.05) is 25.4 Å². The molecule has 0 saturated heterocycles. The van der Waals surface area contributed by atoms with E-state index in [0.29, 0.717) is 41.8 Å². The van der Waals surface area contributed by atoms with Crippen LogP contribution >= 0.6 is 11.6 Å². The average molecular weight is 313 g/mol. The number of carbonyl (C=O) groups excluding carboxylic acids is 1. The van der Waals surface area contributed by atoms with Gasteiger partial charge in [-0.3, -0.25) is 4.79 Å². The molecule has 5 heteroatoms. The molecule has 0 saturated carbocycles. The summed E-state index contributed by atoms with van der Waals surface area (Å²) >= 11 is 5.88. The highest BCUT2D eigenvalue weighted by atomic mass is 35.5. The number of amides is 1. The van der Waals surface area contributed by atoms with Crippen molar-refractivity contribution in [3.63, 3.8) is 0 Å². The van der Waals surface area contributed by atoms with Gasteiger partial charge in [0.15, 0.2) is 0 Å². The number of nitrogens with two attached hydrogens (primary N) is 1. The minimum atomic E-state index is -0.0796. The van der Waals surface area contributed by atoms with Crippen LogP contribution in [-0.2, 0) is 9.53 Å². The molecule has 1 atom stereocenters. The summed E-state index contributed by atoms with van der Waals surface area (Å²) in [5.74, 6) is 0.540. The molecule has 3 N–H and O–H groups in total. The summed E-state index contributed by atoms with van der Waals surface area (Å²) in [7, 11) is 0. The van der Waals surface area contributed by atoms with E-state index < -0.39 is 0 Å². The Bertz CT molecular complexity index is 464. The predicted octanol–water partition coefficient (Wildman–Crippen LogP) is 4.09. The molecule has 0 aromatic heterocycles. The van der Waals surface area contributed by atoms with E-state index in [-0.39, 0.29) is 12.0 Å². The molecule has 118 valence electrons. The number of hydrogen-bond acceptors (Lipinski definition) is 3. The Labute approximate surface area is 132 Å². The van der Waals surface area contributed by atoms with E-state index >= 15 is 0 Å². The van der Waals surface area contributed by atoms with Gasteiger partial charge >= 0.3 is 0 Å². The molecular weight excluding hydrogens is 288 g/mol. The van der Waals surface area contributed by atoms with Crippen LogP contribution in [0.1, 0.15) is 40.0 Å². The second-order valence-electron chi connectivity index (χ2n) is 5.69. The maximum Gasteiger partial charge on any atom is 0.224 e. The molecule has 1 aromatic rings. The number of nitrogen functional groups attached to an aromatic ring is 1. The van der Waals surface area contributed by atoms with Crippen molar-refractivity contribution in [2.45, 2.75) is 46.1 Å². The number of anilines is 2. The van der Waals surface area contributed by atoms with Crippen LogP contribution in [0.25, 0.3) is 0 Å². The van der Waals surface area contributed by atoms with E-state index in [0.717, 1.165) is 6.42 Å². The third-order valence-corrected chi connectivity index (χ3v) is 3.28. The van der Waals surface area contributed by atoms with Crippen molar-refractivity contribution < 1.29 is 9.53 Å². The zero-order valence-electron chi connectivity index (χ0n) is 13.0. The number of rotatable bonds is 8. The molecule has 1 aromatic carbocycles. The molecule has 0 heterocycles. The van der Waals surface area contributed by atoms with Crippen LogP contribution in [0, 0.1) is 5.92 Å². The Hall–Kier alpha value is -1.26. The van der Waals surface area contributed by atoms with Crippen molar-refractivity contribution in [3.05, 3.63) is 23.2 Å². The maximum atomic E-state index is 11.8. The Balaban J connectivity index is 2.27. The normalized spacial score (nSPS) is 12.4. The van der Waals surface area contributed by atoms with Crippen molar-refractivity contribution in [1.29, 1.82) is 0 Å². The molecule has 1 amide bonds. The fourth-order valence-electron chi connectivity index (χ4n) is 2.10. The molecule has 0 aliphatic carbocycles. The molecule has 4 nitrogen and oxygen atoms in total. The third kappa shape index (κ3) is 7.34. The standard InChI is InChI=1S/C16H25ClN2O2/c1-11(2)9-12(3)21-8-4-5-16(20)19-15-10-13(17)6-7-14(15)18/h6-7,10-12H,4-5,8-9,18H2,1-3H3,(H,19,20). The van der Waals surface area contributed by atoms with Gasteiger partial charge in [-0.15, -0.1) is 0 Å². The van der Waals surface area contributed by atoms with Gasteiger partial charge in [0.25, 0.3) is 0 Å². The lowest BCUT2D eigenvalue weighted by Crippen LogP contribution is -2.16. The highest BCUT2D eigenvalue weighted by Crippen LogP contribution is 2.23. The smallest absolute Gasteiger partial charge is 0.224 e. The Morgan fingerprint density at radius 1 is 1.38 bits per heavy atom. The summed E-state index contributed by atoms with van der Waals surface area (Å²) in [5.41, 5.74) is 6.85. The van der Waals surface area contributed by atoms with E-state index in [1.807, 2.05) is 0 Å². The summed E-state index contributed by atoms with van der Waals surface area (Å²) in [5, 5.41) is 3.31. The molecule has 0 aliphatic rings. The molecule has 1 unspecified atom stereocenters. The molecule has 0 bridgehead atoms. The van der Waals surface area contributed by atoms with Gasteiger partial charge in [0.05, 0.1) is 17.5 Å². The SMILES string of the molecule is CC(C)CC(C)OCCCC(=O)Nc1cc(Cl)ccc1N. The van der Waals surface area contributed by atoms with Crippen LogP contribution in [-0.4, -0.2) is 18.6 Å². The van der Waals surface area contributed by atoms with Crippen LogP contribution in [0.15, 0.2) is 18.2 Å². The number of benzene rings is 1. The number of halogens is 1. The van der Waals surface area contributed by atoms with Crippen molar-refractivity contribution in [2.24, 2.45) is 5.92 Å². The topological polar surface area (TPSA) is 64.3 Å². The number of hydrogen-bond donors (Lipinski definition) is 2. The summed E-state index contributed by atoms with van der Waals surface area (Å²) in [4.78, 5) is 11.8. The first-order chi connectivity index (χ1) is 9.88. The largest absolute Gasteiger partial charge is 0.397 e. The van der Waals surface area contributed by atoms with Gasteiger partial charge in [0.2, 0.25) is 5.91 Å². The molecule has 1 rings (SSSR count). The highest BCUT2D eigenvalue weighted by molar-refractivity contribution is 6.31. The summed E-state index contributed by atoms with van der Waals surface area (Å²) < 4.78 is 5.67. The summed E-state index contributed by atoms with van der Waals surface area (Å²) in [6, 6.07) is 5.02. The molecular formula is C16H25ClN2O2. The molecule has 0 spiro atoms. The summed E-state index contributed by atoms with van der Waals surface area (Å²) in [6.07, 6.45) is 2.36. The fourth-order valence-corrected chi connectivity index (χ4v) is 2.27. The van der Waals surface area contributed by atoms with E-state index in [1.165, 1.54) is 0 Å². The van der Waals surface area contributed by atoms with Gasteiger partial charge in [-0.25, -0.2) is 0 Å². The van der Waals surface area contributed by atoms with Crippen molar-refractivity contribution in [2.75, 3.05) is 17.7 Å². The van der Waals surface area contributed by atoms with Crippen molar-refractivity contribution in [1.82, 2.24) is 0 Å². The maximum absolute atomic E-state index is 11.8. The van der Waals surface area contributed by atoms with Crippen molar-refractivity contribution in [3.8, 4) is 0 Å². The minimum absolute atomic E-state index is 0.0796. The molecule has 0 aliphatic heterocycles. The van der Waals surface area contributed by atoms with E-state index in [1.54, 1.807) is 18.2 Å². The zero-order chi connectivity index (χ0) is 15.8. The van der Waals surface area contributed by atoms with Crippen molar-refractivity contribution >= 4 is 28.9 Å². The van der Waals surface area contributed by atoms with Gasteiger partial charge in [-0.2, -0.15) is 0 Å². The molecule has 21 heavy (non-hydrogen) atoms. The van der Waals surface area contributed by atoms with Crippen LogP contribution in [0.3, 0.4) is 0 Å². The average Bonchev–Trinajstić information content (AvgIpc) is 2.38. The van der Waals surface area contributed by atoms with Gasteiger partial charge in [-0.05, 0) is 43.9 Å². The Kier molecular flexibility index (Phi) is 7.54. The predicted molar refractivity (Wildman–Crippen MR) is 88.6 cm³/mol. The van der Waals surface area contributed by atoms with Crippen LogP contribution in [0.4, 0.5) is 11.4 Å². The lowest BCUT2D eigenvalue weighted by atomic mass is 10.1. The first kappa shape index (κ1) is 17.8.